The molecule has 0 aliphatic carbocycles. The molecule has 0 bridgehead atoms. The summed E-state index contributed by atoms with van der Waals surface area (Å²) in [7, 11) is 1.86. The molecule has 0 fully saturated rings. The summed E-state index contributed by atoms with van der Waals surface area (Å²) in [6.45, 7) is 0.785. The number of carbonyl (C=O) groups excluding carboxylic acids is 1. The topological polar surface area (TPSA) is 46.3 Å². The predicted octanol–water partition coefficient (Wildman–Crippen LogP) is 3.98. The van der Waals surface area contributed by atoms with Crippen molar-refractivity contribution in [3.63, 3.8) is 0 Å². The van der Waals surface area contributed by atoms with Gasteiger partial charge in [0, 0.05) is 26.1 Å². The van der Waals surface area contributed by atoms with Crippen LogP contribution in [0, 0.1) is 0 Å². The molecule has 1 amide bonds. The highest BCUT2D eigenvalue weighted by molar-refractivity contribution is 5.85. The summed E-state index contributed by atoms with van der Waals surface area (Å²) >= 11 is 0. The van der Waals surface area contributed by atoms with Gasteiger partial charge in [0.1, 0.15) is 0 Å². The smallest absolute Gasteiger partial charge is 0.224 e. The molecular formula is C20H27ClN2O. The van der Waals surface area contributed by atoms with E-state index < -0.39 is 0 Å². The van der Waals surface area contributed by atoms with Crippen LogP contribution in [0.5, 0.6) is 0 Å². The molecule has 130 valence electrons. The van der Waals surface area contributed by atoms with Gasteiger partial charge in [0.05, 0.1) is 0 Å². The normalized spacial score (nSPS) is 11.4. The van der Waals surface area contributed by atoms with Crippen molar-refractivity contribution in [2.75, 3.05) is 13.6 Å². The standard InChI is InChI=1S/C20H26N2O.ClH/c1-22(15-9-8-12-17-10-4-2-5-11-17)20(23)16-19(21)18-13-6-3-7-14-18;/h2-7,10-11,13-14,19H,8-9,12,15-16,21H2,1H3;1H. The van der Waals surface area contributed by atoms with Gasteiger partial charge in [-0.15, -0.1) is 12.4 Å². The number of hydrogen-bond acceptors (Lipinski definition) is 2. The van der Waals surface area contributed by atoms with Gasteiger partial charge in [0.2, 0.25) is 5.91 Å². The summed E-state index contributed by atoms with van der Waals surface area (Å²) in [5, 5.41) is 0. The second-order valence-corrected chi connectivity index (χ2v) is 5.98. The molecule has 2 rings (SSSR count). The van der Waals surface area contributed by atoms with Gasteiger partial charge in [0.15, 0.2) is 0 Å². The molecular weight excluding hydrogens is 320 g/mol. The summed E-state index contributed by atoms with van der Waals surface area (Å²) in [4.78, 5) is 14.0. The minimum absolute atomic E-state index is 0. The van der Waals surface area contributed by atoms with Gasteiger partial charge in [-0.3, -0.25) is 4.79 Å². The Kier molecular flexibility index (Phi) is 9.13. The highest BCUT2D eigenvalue weighted by Gasteiger charge is 2.14. The van der Waals surface area contributed by atoms with Gasteiger partial charge in [-0.2, -0.15) is 0 Å². The molecule has 0 heterocycles. The first kappa shape index (κ1) is 20.2. The van der Waals surface area contributed by atoms with Crippen molar-refractivity contribution in [2.24, 2.45) is 5.73 Å². The molecule has 2 N–H and O–H groups in total. The second kappa shape index (κ2) is 10.8. The Morgan fingerprint density at radius 2 is 1.58 bits per heavy atom. The average Bonchev–Trinajstić information content (AvgIpc) is 2.60. The van der Waals surface area contributed by atoms with Crippen molar-refractivity contribution in [1.82, 2.24) is 4.90 Å². The molecule has 2 aromatic carbocycles. The van der Waals surface area contributed by atoms with E-state index in [1.54, 1.807) is 4.90 Å². The van der Waals surface area contributed by atoms with Crippen molar-refractivity contribution in [1.29, 1.82) is 0 Å². The number of carbonyl (C=O) groups is 1. The second-order valence-electron chi connectivity index (χ2n) is 5.98. The first-order chi connectivity index (χ1) is 11.2. The number of nitrogens with zero attached hydrogens (tertiary/aromatic N) is 1. The van der Waals surface area contributed by atoms with Crippen LogP contribution in [0.15, 0.2) is 60.7 Å². The lowest BCUT2D eigenvalue weighted by molar-refractivity contribution is -0.130. The van der Waals surface area contributed by atoms with Crippen LogP contribution in [-0.2, 0) is 11.2 Å². The van der Waals surface area contributed by atoms with Crippen molar-refractivity contribution < 1.29 is 4.79 Å². The number of halogens is 1. The Labute approximate surface area is 151 Å². The van der Waals surface area contributed by atoms with E-state index in [1.165, 1.54) is 5.56 Å². The molecule has 0 spiro atoms. The average molecular weight is 347 g/mol. The third-order valence-corrected chi connectivity index (χ3v) is 4.10. The molecule has 4 heteroatoms. The molecule has 3 nitrogen and oxygen atoms in total. The molecule has 0 saturated heterocycles. The summed E-state index contributed by atoms with van der Waals surface area (Å²) in [5.41, 5.74) is 8.48. The number of hydrogen-bond donors (Lipinski definition) is 1. The fourth-order valence-corrected chi connectivity index (χ4v) is 2.61. The quantitative estimate of drug-likeness (QED) is 0.735. The van der Waals surface area contributed by atoms with E-state index in [-0.39, 0.29) is 24.4 Å². The van der Waals surface area contributed by atoms with Crippen LogP contribution in [0.4, 0.5) is 0 Å². The minimum atomic E-state index is -0.226. The lowest BCUT2D eigenvalue weighted by Gasteiger charge is -2.20. The number of amides is 1. The summed E-state index contributed by atoms with van der Waals surface area (Å²) in [6.07, 6.45) is 3.52. The molecule has 0 aliphatic rings. The van der Waals surface area contributed by atoms with E-state index >= 15 is 0 Å². The van der Waals surface area contributed by atoms with Crippen LogP contribution in [0.1, 0.15) is 36.4 Å². The van der Waals surface area contributed by atoms with Gasteiger partial charge in [-0.25, -0.2) is 0 Å². The van der Waals surface area contributed by atoms with Crippen LogP contribution in [0.2, 0.25) is 0 Å². The minimum Gasteiger partial charge on any atom is -0.346 e. The number of aryl methyl sites for hydroxylation is 1. The van der Waals surface area contributed by atoms with E-state index in [1.807, 2.05) is 43.4 Å². The Morgan fingerprint density at radius 3 is 2.21 bits per heavy atom. The van der Waals surface area contributed by atoms with Crippen LogP contribution >= 0.6 is 12.4 Å². The molecule has 1 unspecified atom stereocenters. The molecule has 1 atom stereocenters. The maximum Gasteiger partial charge on any atom is 0.224 e. The van der Waals surface area contributed by atoms with Crippen molar-refractivity contribution in [3.8, 4) is 0 Å². The number of nitrogens with two attached hydrogens (primary N) is 1. The van der Waals surface area contributed by atoms with Crippen molar-refractivity contribution in [3.05, 3.63) is 71.8 Å². The van der Waals surface area contributed by atoms with Gasteiger partial charge in [-0.05, 0) is 30.4 Å². The lowest BCUT2D eigenvalue weighted by atomic mass is 10.0. The molecule has 24 heavy (non-hydrogen) atoms. The third kappa shape index (κ3) is 6.73. The van der Waals surface area contributed by atoms with E-state index in [4.69, 9.17) is 5.73 Å². The van der Waals surface area contributed by atoms with Crippen molar-refractivity contribution in [2.45, 2.75) is 31.7 Å². The van der Waals surface area contributed by atoms with E-state index in [0.717, 1.165) is 31.4 Å². The zero-order valence-corrected chi connectivity index (χ0v) is 15.0. The number of benzene rings is 2. The Balaban J connectivity index is 0.00000288. The number of rotatable bonds is 8. The van der Waals surface area contributed by atoms with Crippen LogP contribution in [0.3, 0.4) is 0 Å². The van der Waals surface area contributed by atoms with Gasteiger partial charge >= 0.3 is 0 Å². The predicted molar refractivity (Wildman–Crippen MR) is 102 cm³/mol. The Morgan fingerprint density at radius 1 is 1.00 bits per heavy atom. The SMILES string of the molecule is CN(CCCCc1ccccc1)C(=O)CC(N)c1ccccc1.Cl. The van der Waals surface area contributed by atoms with Crippen LogP contribution in [-0.4, -0.2) is 24.4 Å². The summed E-state index contributed by atoms with van der Waals surface area (Å²) in [6, 6.07) is 20.0. The van der Waals surface area contributed by atoms with Crippen molar-refractivity contribution >= 4 is 18.3 Å². The lowest BCUT2D eigenvalue weighted by Crippen LogP contribution is -2.30. The van der Waals surface area contributed by atoms with Gasteiger partial charge in [0.25, 0.3) is 0 Å². The van der Waals surface area contributed by atoms with E-state index in [2.05, 4.69) is 24.3 Å². The first-order valence-corrected chi connectivity index (χ1v) is 8.25. The van der Waals surface area contributed by atoms with Crippen LogP contribution < -0.4 is 5.73 Å². The third-order valence-electron chi connectivity index (χ3n) is 4.10. The fourth-order valence-electron chi connectivity index (χ4n) is 2.61. The largest absolute Gasteiger partial charge is 0.346 e. The molecule has 0 saturated carbocycles. The zero-order valence-electron chi connectivity index (χ0n) is 14.2. The molecule has 0 radical (unpaired) electrons. The first-order valence-electron chi connectivity index (χ1n) is 8.25. The summed E-state index contributed by atoms with van der Waals surface area (Å²) in [5.74, 6) is 0.112. The van der Waals surface area contributed by atoms with E-state index in [9.17, 15) is 4.79 Å². The fraction of sp³-hybridized carbons (Fsp3) is 0.350. The van der Waals surface area contributed by atoms with Gasteiger partial charge in [-0.1, -0.05) is 60.7 Å². The number of unbranched alkanes of at least 4 members (excludes halogenated alkanes) is 1. The Bertz CT molecular complexity index is 589. The molecule has 0 aliphatic heterocycles. The highest BCUT2D eigenvalue weighted by atomic mass is 35.5. The maximum atomic E-state index is 12.2. The van der Waals surface area contributed by atoms with E-state index in [0.29, 0.717) is 6.42 Å². The zero-order chi connectivity index (χ0) is 16.5. The molecule has 2 aromatic rings. The highest BCUT2D eigenvalue weighted by Crippen LogP contribution is 2.14. The Hall–Kier alpha value is -1.84. The monoisotopic (exact) mass is 346 g/mol. The molecule has 0 aromatic heterocycles. The summed E-state index contributed by atoms with van der Waals surface area (Å²) < 4.78 is 0. The van der Waals surface area contributed by atoms with Crippen LogP contribution in [0.25, 0.3) is 0 Å². The van der Waals surface area contributed by atoms with Gasteiger partial charge < -0.3 is 10.6 Å². The maximum absolute atomic E-state index is 12.2.